The highest BCUT2D eigenvalue weighted by atomic mass is 32.2. The average molecular weight is 398 g/mol. The van der Waals surface area contributed by atoms with Crippen molar-refractivity contribution in [3.8, 4) is 0 Å². The number of aryl methyl sites for hydroxylation is 1. The molecule has 0 spiro atoms. The predicted octanol–water partition coefficient (Wildman–Crippen LogP) is 2.79. The minimum Gasteiger partial charge on any atom is -0.462 e. The van der Waals surface area contributed by atoms with Gasteiger partial charge in [0.1, 0.15) is 15.5 Å². The van der Waals surface area contributed by atoms with Crippen molar-refractivity contribution in [2.45, 2.75) is 45.9 Å². The van der Waals surface area contributed by atoms with E-state index in [2.05, 4.69) is 15.3 Å². The lowest BCUT2D eigenvalue weighted by Crippen LogP contribution is -2.31. The lowest BCUT2D eigenvalue weighted by atomic mass is 10.2. The van der Waals surface area contributed by atoms with Gasteiger partial charge in [-0.2, -0.15) is 0 Å². The first-order valence-electron chi connectivity index (χ1n) is 8.36. The molecule has 2 rings (SSSR count). The highest BCUT2D eigenvalue weighted by Gasteiger charge is 2.21. The predicted molar refractivity (Wildman–Crippen MR) is 105 cm³/mol. The number of hydrogen-bond acceptors (Lipinski definition) is 7. The van der Waals surface area contributed by atoms with E-state index in [1.807, 2.05) is 20.8 Å². The van der Waals surface area contributed by atoms with E-state index in [1.54, 1.807) is 13.8 Å². The zero-order valence-corrected chi connectivity index (χ0v) is 17.1. The summed E-state index contributed by atoms with van der Waals surface area (Å²) in [7, 11) is 0. The molecule has 2 N–H and O–H groups in total. The molecule has 0 aromatic carbocycles. The fraction of sp³-hybridized carbons (Fsp3) is 0.529. The second-order valence-electron chi connectivity index (χ2n) is 6.08. The number of aromatic nitrogens is 2. The van der Waals surface area contributed by atoms with E-state index in [9.17, 15) is 14.4 Å². The Morgan fingerprint density at radius 2 is 2.04 bits per heavy atom. The number of carbonyl (C=O) groups is 2. The van der Waals surface area contributed by atoms with E-state index < -0.39 is 5.97 Å². The Bertz CT molecular complexity index is 873. The van der Waals surface area contributed by atoms with Crippen LogP contribution in [0.2, 0.25) is 0 Å². The highest BCUT2D eigenvalue weighted by molar-refractivity contribution is 8.00. The van der Waals surface area contributed by atoms with Crippen LogP contribution in [0.1, 0.15) is 54.0 Å². The Kier molecular flexibility index (Phi) is 6.82. The van der Waals surface area contributed by atoms with Crippen molar-refractivity contribution in [3.05, 3.63) is 26.6 Å². The summed E-state index contributed by atoms with van der Waals surface area (Å²) >= 11 is 2.55. The van der Waals surface area contributed by atoms with Crippen molar-refractivity contribution in [1.29, 1.82) is 0 Å². The first-order valence-corrected chi connectivity index (χ1v) is 10.2. The normalized spacial score (nSPS) is 12.4. The van der Waals surface area contributed by atoms with E-state index in [0.29, 0.717) is 26.5 Å². The molecule has 0 fully saturated rings. The van der Waals surface area contributed by atoms with Gasteiger partial charge >= 0.3 is 5.97 Å². The molecule has 26 heavy (non-hydrogen) atoms. The van der Waals surface area contributed by atoms with Crippen LogP contribution in [0.4, 0.5) is 0 Å². The Balaban J connectivity index is 2.26. The number of fused-ring (bicyclic) bond motifs is 1. The standard InChI is InChI=1S/C17H23N3O4S2/c1-6-24-17(23)13-9(4)12-15(22)19-14(20-16(12)26-13)10(5)25-7-11(21)18-8(2)3/h8,10H,6-7H2,1-5H3,(H,18,21)(H,19,20,22)/t10-/m1/s1. The van der Waals surface area contributed by atoms with Crippen LogP contribution in [0, 0.1) is 6.92 Å². The molecule has 0 aliphatic heterocycles. The minimum atomic E-state index is -0.443. The summed E-state index contributed by atoms with van der Waals surface area (Å²) in [6.07, 6.45) is 0. The third-order valence-electron chi connectivity index (χ3n) is 3.58. The summed E-state index contributed by atoms with van der Waals surface area (Å²) in [5.74, 6) is 0.263. The van der Waals surface area contributed by atoms with Gasteiger partial charge in [-0.05, 0) is 40.2 Å². The third-order valence-corrected chi connectivity index (χ3v) is 5.90. The molecule has 2 heterocycles. The number of H-pyrrole nitrogens is 1. The van der Waals surface area contributed by atoms with E-state index in [4.69, 9.17) is 4.74 Å². The molecule has 1 amide bonds. The Morgan fingerprint density at radius 3 is 2.65 bits per heavy atom. The molecule has 0 saturated heterocycles. The lowest BCUT2D eigenvalue weighted by molar-refractivity contribution is -0.119. The molecule has 0 radical (unpaired) electrons. The number of aromatic amines is 1. The van der Waals surface area contributed by atoms with Crippen LogP contribution in [0.5, 0.6) is 0 Å². The first-order chi connectivity index (χ1) is 12.2. The van der Waals surface area contributed by atoms with E-state index in [1.165, 1.54) is 11.8 Å². The monoisotopic (exact) mass is 397 g/mol. The van der Waals surface area contributed by atoms with Gasteiger partial charge in [0.2, 0.25) is 5.91 Å². The topological polar surface area (TPSA) is 101 Å². The molecule has 0 bridgehead atoms. The van der Waals surface area contributed by atoms with Crippen molar-refractivity contribution < 1.29 is 14.3 Å². The Morgan fingerprint density at radius 1 is 1.35 bits per heavy atom. The number of thioether (sulfide) groups is 1. The SMILES string of the molecule is CCOC(=O)c1sc2nc([C@@H](C)SCC(=O)NC(C)C)[nH]c(=O)c2c1C. The molecule has 2 aromatic rings. The molecule has 0 unspecified atom stereocenters. The van der Waals surface area contributed by atoms with E-state index >= 15 is 0 Å². The van der Waals surface area contributed by atoms with Gasteiger partial charge in [-0.3, -0.25) is 9.59 Å². The van der Waals surface area contributed by atoms with Crippen molar-refractivity contribution in [2.24, 2.45) is 0 Å². The summed E-state index contributed by atoms with van der Waals surface area (Å²) < 4.78 is 5.04. The highest BCUT2D eigenvalue weighted by Crippen LogP contribution is 2.30. The van der Waals surface area contributed by atoms with E-state index in [0.717, 1.165) is 11.3 Å². The number of nitrogens with one attached hydrogen (secondary N) is 2. The molecule has 0 aliphatic carbocycles. The van der Waals surface area contributed by atoms with Crippen LogP contribution < -0.4 is 10.9 Å². The second kappa shape index (κ2) is 8.68. The summed E-state index contributed by atoms with van der Waals surface area (Å²) in [5, 5.41) is 3.07. The van der Waals surface area contributed by atoms with Crippen molar-refractivity contribution in [2.75, 3.05) is 12.4 Å². The van der Waals surface area contributed by atoms with Crippen LogP contribution in [-0.4, -0.2) is 40.2 Å². The van der Waals surface area contributed by atoms with Crippen molar-refractivity contribution in [1.82, 2.24) is 15.3 Å². The fourth-order valence-corrected chi connectivity index (χ4v) is 4.22. The smallest absolute Gasteiger partial charge is 0.348 e. The van der Waals surface area contributed by atoms with Gasteiger partial charge in [-0.25, -0.2) is 9.78 Å². The van der Waals surface area contributed by atoms with Gasteiger partial charge in [0.25, 0.3) is 5.56 Å². The van der Waals surface area contributed by atoms with Gasteiger partial charge in [-0.1, -0.05) is 0 Å². The number of rotatable bonds is 7. The fourth-order valence-electron chi connectivity index (χ4n) is 2.39. The number of ether oxygens (including phenoxy) is 1. The molecule has 2 aromatic heterocycles. The summed E-state index contributed by atoms with van der Waals surface area (Å²) in [4.78, 5) is 44.5. The second-order valence-corrected chi connectivity index (χ2v) is 8.41. The molecular weight excluding hydrogens is 374 g/mol. The van der Waals surface area contributed by atoms with Crippen LogP contribution >= 0.6 is 23.1 Å². The Labute approximate surface area is 159 Å². The van der Waals surface area contributed by atoms with Gasteiger partial charge in [0.05, 0.1) is 23.0 Å². The van der Waals surface area contributed by atoms with Crippen LogP contribution in [0.3, 0.4) is 0 Å². The molecule has 7 nitrogen and oxygen atoms in total. The third kappa shape index (κ3) is 4.64. The first kappa shape index (κ1) is 20.4. The molecule has 0 aliphatic rings. The molecule has 0 saturated carbocycles. The van der Waals surface area contributed by atoms with Crippen molar-refractivity contribution >= 4 is 45.2 Å². The quantitative estimate of drug-likeness (QED) is 0.697. The van der Waals surface area contributed by atoms with E-state index in [-0.39, 0.29) is 35.1 Å². The molecular formula is C17H23N3O4S2. The molecule has 9 heteroatoms. The van der Waals surface area contributed by atoms with Crippen LogP contribution in [-0.2, 0) is 9.53 Å². The number of thiophene rings is 1. The zero-order valence-electron chi connectivity index (χ0n) is 15.5. The Hall–Kier alpha value is -1.87. The van der Waals surface area contributed by atoms with Crippen molar-refractivity contribution in [3.63, 3.8) is 0 Å². The van der Waals surface area contributed by atoms with Gasteiger partial charge in [0.15, 0.2) is 0 Å². The summed E-state index contributed by atoms with van der Waals surface area (Å²) in [6.45, 7) is 9.41. The zero-order chi connectivity index (χ0) is 19.4. The maximum Gasteiger partial charge on any atom is 0.348 e. The average Bonchev–Trinajstić information content (AvgIpc) is 2.89. The number of hydrogen-bond donors (Lipinski definition) is 2. The number of carbonyl (C=O) groups excluding carboxylic acids is 2. The number of esters is 1. The van der Waals surface area contributed by atoms with Gasteiger partial charge < -0.3 is 15.0 Å². The lowest BCUT2D eigenvalue weighted by Gasteiger charge is -2.12. The summed E-state index contributed by atoms with van der Waals surface area (Å²) in [5.41, 5.74) is 0.300. The largest absolute Gasteiger partial charge is 0.462 e. The number of amides is 1. The maximum absolute atomic E-state index is 12.5. The van der Waals surface area contributed by atoms with Crippen LogP contribution in [0.25, 0.3) is 10.2 Å². The van der Waals surface area contributed by atoms with Crippen LogP contribution in [0.15, 0.2) is 4.79 Å². The summed E-state index contributed by atoms with van der Waals surface area (Å²) in [6, 6.07) is 0.0862. The molecule has 142 valence electrons. The minimum absolute atomic E-state index is 0.0585. The van der Waals surface area contributed by atoms with Gasteiger partial charge in [-0.15, -0.1) is 23.1 Å². The maximum atomic E-state index is 12.5. The molecule has 1 atom stereocenters. The number of nitrogens with zero attached hydrogens (tertiary/aromatic N) is 1. The van der Waals surface area contributed by atoms with Gasteiger partial charge in [0, 0.05) is 6.04 Å².